The van der Waals surface area contributed by atoms with Crippen LogP contribution >= 0.6 is 0 Å². The van der Waals surface area contributed by atoms with Gasteiger partial charge in [0.15, 0.2) is 6.29 Å². The molecule has 1 N–H and O–H groups in total. The summed E-state index contributed by atoms with van der Waals surface area (Å²) >= 11 is 0. The average molecular weight is 243 g/mol. The highest BCUT2D eigenvalue weighted by Gasteiger charge is 2.22. The van der Waals surface area contributed by atoms with Crippen molar-refractivity contribution in [1.29, 1.82) is 0 Å². The minimum atomic E-state index is 0.0261. The summed E-state index contributed by atoms with van der Waals surface area (Å²) in [7, 11) is 0. The van der Waals surface area contributed by atoms with Gasteiger partial charge in [-0.2, -0.15) is 0 Å². The van der Waals surface area contributed by atoms with Crippen molar-refractivity contribution in [2.75, 3.05) is 19.8 Å². The average Bonchev–Trinajstić information content (AvgIpc) is 2.79. The van der Waals surface area contributed by atoms with Crippen molar-refractivity contribution in [2.45, 2.75) is 65.2 Å². The Kier molecular flexibility index (Phi) is 7.82. The third kappa shape index (κ3) is 6.39. The molecule has 0 saturated carbocycles. The second kappa shape index (κ2) is 8.90. The first-order valence-corrected chi connectivity index (χ1v) is 7.22. The zero-order valence-electron chi connectivity index (χ0n) is 11.7. The van der Waals surface area contributed by atoms with Crippen molar-refractivity contribution in [1.82, 2.24) is 5.32 Å². The Balaban J connectivity index is 2.30. The standard InChI is InChI=1S/C14H29NO2/c1-4-6-12(3)10-13(15-7-5-2)11-14-16-8-9-17-14/h12-15H,4-11H2,1-3H3. The molecule has 2 unspecified atom stereocenters. The van der Waals surface area contributed by atoms with Crippen LogP contribution in [0.2, 0.25) is 0 Å². The normalized spacial score (nSPS) is 20.6. The van der Waals surface area contributed by atoms with Crippen LogP contribution in [0.25, 0.3) is 0 Å². The predicted octanol–water partition coefficient (Wildman–Crippen LogP) is 2.94. The lowest BCUT2D eigenvalue weighted by Crippen LogP contribution is -2.35. The summed E-state index contributed by atoms with van der Waals surface area (Å²) < 4.78 is 11.1. The summed E-state index contributed by atoms with van der Waals surface area (Å²) in [4.78, 5) is 0. The minimum Gasteiger partial charge on any atom is -0.350 e. The molecule has 1 aliphatic heterocycles. The number of ether oxygens (including phenoxy) is 2. The van der Waals surface area contributed by atoms with Gasteiger partial charge in [-0.15, -0.1) is 0 Å². The molecule has 0 aromatic heterocycles. The van der Waals surface area contributed by atoms with E-state index < -0.39 is 0 Å². The van der Waals surface area contributed by atoms with E-state index >= 15 is 0 Å². The SMILES string of the molecule is CCCNC(CC(C)CCC)CC1OCCO1. The Labute approximate surface area is 106 Å². The molecule has 0 radical (unpaired) electrons. The van der Waals surface area contributed by atoms with E-state index in [-0.39, 0.29) is 6.29 Å². The lowest BCUT2D eigenvalue weighted by molar-refractivity contribution is -0.0539. The maximum Gasteiger partial charge on any atom is 0.159 e. The van der Waals surface area contributed by atoms with E-state index in [1.165, 1.54) is 25.7 Å². The van der Waals surface area contributed by atoms with Gasteiger partial charge in [-0.25, -0.2) is 0 Å². The molecule has 1 aliphatic rings. The van der Waals surface area contributed by atoms with Crippen LogP contribution in [0.5, 0.6) is 0 Å². The van der Waals surface area contributed by atoms with Gasteiger partial charge in [0, 0.05) is 12.5 Å². The summed E-state index contributed by atoms with van der Waals surface area (Å²) in [6.45, 7) is 9.43. The zero-order chi connectivity index (χ0) is 12.5. The van der Waals surface area contributed by atoms with Crippen LogP contribution in [0.3, 0.4) is 0 Å². The smallest absolute Gasteiger partial charge is 0.159 e. The van der Waals surface area contributed by atoms with E-state index in [1.54, 1.807) is 0 Å². The lowest BCUT2D eigenvalue weighted by Gasteiger charge is -2.24. The molecule has 0 bridgehead atoms. The van der Waals surface area contributed by atoms with Gasteiger partial charge < -0.3 is 14.8 Å². The Morgan fingerprint density at radius 2 is 1.88 bits per heavy atom. The van der Waals surface area contributed by atoms with Gasteiger partial charge in [0.2, 0.25) is 0 Å². The number of nitrogens with one attached hydrogen (secondary N) is 1. The first kappa shape index (κ1) is 14.9. The number of hydrogen-bond donors (Lipinski definition) is 1. The van der Waals surface area contributed by atoms with E-state index in [1.807, 2.05) is 0 Å². The second-order valence-electron chi connectivity index (χ2n) is 5.19. The largest absolute Gasteiger partial charge is 0.350 e. The third-order valence-electron chi connectivity index (χ3n) is 3.32. The second-order valence-corrected chi connectivity index (χ2v) is 5.19. The number of hydrogen-bond acceptors (Lipinski definition) is 3. The van der Waals surface area contributed by atoms with E-state index in [0.29, 0.717) is 6.04 Å². The van der Waals surface area contributed by atoms with Crippen molar-refractivity contribution in [3.63, 3.8) is 0 Å². The van der Waals surface area contributed by atoms with Crippen molar-refractivity contribution < 1.29 is 9.47 Å². The summed E-state index contributed by atoms with van der Waals surface area (Å²) in [6.07, 6.45) is 6.03. The molecule has 0 aromatic rings. The van der Waals surface area contributed by atoms with Gasteiger partial charge in [0.25, 0.3) is 0 Å². The third-order valence-corrected chi connectivity index (χ3v) is 3.32. The molecule has 1 fully saturated rings. The summed E-state index contributed by atoms with van der Waals surface area (Å²) in [5, 5.41) is 3.63. The van der Waals surface area contributed by atoms with Crippen LogP contribution in [0.4, 0.5) is 0 Å². The molecule has 17 heavy (non-hydrogen) atoms. The molecule has 102 valence electrons. The van der Waals surface area contributed by atoms with Crippen molar-refractivity contribution in [3.05, 3.63) is 0 Å². The summed E-state index contributed by atoms with van der Waals surface area (Å²) in [6, 6.07) is 0.541. The van der Waals surface area contributed by atoms with Crippen LogP contribution < -0.4 is 5.32 Å². The minimum absolute atomic E-state index is 0.0261. The van der Waals surface area contributed by atoms with Crippen LogP contribution in [0.15, 0.2) is 0 Å². The fourth-order valence-electron chi connectivity index (χ4n) is 2.48. The Hall–Kier alpha value is -0.120. The van der Waals surface area contributed by atoms with Crippen LogP contribution in [0.1, 0.15) is 52.9 Å². The van der Waals surface area contributed by atoms with Gasteiger partial charge in [0.1, 0.15) is 0 Å². The van der Waals surface area contributed by atoms with Crippen molar-refractivity contribution in [3.8, 4) is 0 Å². The molecule has 0 aromatic carbocycles. The zero-order valence-corrected chi connectivity index (χ0v) is 11.7. The summed E-state index contributed by atoms with van der Waals surface area (Å²) in [5.41, 5.74) is 0. The highest BCUT2D eigenvalue weighted by atomic mass is 16.7. The maximum absolute atomic E-state index is 5.54. The van der Waals surface area contributed by atoms with E-state index in [4.69, 9.17) is 9.47 Å². The Morgan fingerprint density at radius 1 is 1.18 bits per heavy atom. The molecule has 0 spiro atoms. The lowest BCUT2D eigenvalue weighted by atomic mass is 9.95. The van der Waals surface area contributed by atoms with Crippen molar-refractivity contribution >= 4 is 0 Å². The number of rotatable bonds is 9. The highest BCUT2D eigenvalue weighted by molar-refractivity contribution is 4.72. The Bertz CT molecular complexity index is 181. The molecular weight excluding hydrogens is 214 g/mol. The molecule has 2 atom stereocenters. The predicted molar refractivity (Wildman–Crippen MR) is 71.1 cm³/mol. The molecular formula is C14H29NO2. The van der Waals surface area contributed by atoms with Gasteiger partial charge in [-0.3, -0.25) is 0 Å². The van der Waals surface area contributed by atoms with Gasteiger partial charge in [-0.1, -0.05) is 33.6 Å². The van der Waals surface area contributed by atoms with Crippen molar-refractivity contribution in [2.24, 2.45) is 5.92 Å². The maximum atomic E-state index is 5.54. The van der Waals surface area contributed by atoms with Crippen LogP contribution in [-0.2, 0) is 9.47 Å². The Morgan fingerprint density at radius 3 is 2.47 bits per heavy atom. The van der Waals surface area contributed by atoms with Crippen LogP contribution in [-0.4, -0.2) is 32.1 Å². The molecule has 1 saturated heterocycles. The first-order chi connectivity index (χ1) is 8.26. The van der Waals surface area contributed by atoms with E-state index in [9.17, 15) is 0 Å². The van der Waals surface area contributed by atoms with Gasteiger partial charge in [0.05, 0.1) is 13.2 Å². The molecule has 3 nitrogen and oxygen atoms in total. The molecule has 1 rings (SSSR count). The monoisotopic (exact) mass is 243 g/mol. The molecule has 3 heteroatoms. The fraction of sp³-hybridized carbons (Fsp3) is 1.00. The van der Waals surface area contributed by atoms with E-state index in [2.05, 4.69) is 26.1 Å². The molecule has 1 heterocycles. The van der Waals surface area contributed by atoms with Gasteiger partial charge in [-0.05, 0) is 25.3 Å². The first-order valence-electron chi connectivity index (χ1n) is 7.22. The topological polar surface area (TPSA) is 30.5 Å². The quantitative estimate of drug-likeness (QED) is 0.675. The summed E-state index contributed by atoms with van der Waals surface area (Å²) in [5.74, 6) is 0.788. The molecule has 0 amide bonds. The highest BCUT2D eigenvalue weighted by Crippen LogP contribution is 2.18. The molecule has 0 aliphatic carbocycles. The fourth-order valence-corrected chi connectivity index (χ4v) is 2.48. The van der Waals surface area contributed by atoms with Crippen LogP contribution in [0, 0.1) is 5.92 Å². The van der Waals surface area contributed by atoms with E-state index in [0.717, 1.165) is 32.1 Å². The van der Waals surface area contributed by atoms with Gasteiger partial charge >= 0.3 is 0 Å².